The van der Waals surface area contributed by atoms with Gasteiger partial charge in [-0.05, 0) is 25.1 Å². The first-order chi connectivity index (χ1) is 7.63. The van der Waals surface area contributed by atoms with Gasteiger partial charge in [0.1, 0.15) is 5.78 Å². The number of methoxy groups -OCH3 is 1. The molecule has 0 aliphatic carbocycles. The highest BCUT2D eigenvalue weighted by Crippen LogP contribution is 2.11. The van der Waals surface area contributed by atoms with Crippen molar-refractivity contribution in [2.45, 2.75) is 13.3 Å². The van der Waals surface area contributed by atoms with Crippen LogP contribution in [0.15, 0.2) is 24.3 Å². The molecule has 4 nitrogen and oxygen atoms in total. The van der Waals surface area contributed by atoms with Crippen LogP contribution >= 0.6 is 0 Å². The number of carbonyl (C=O) groups excluding carboxylic acids is 2. The van der Waals surface area contributed by atoms with Gasteiger partial charge in [0.25, 0.3) is 0 Å². The molecule has 0 saturated carbocycles. The zero-order chi connectivity index (χ0) is 12.0. The molecular formula is C12H15NO3. The fourth-order valence-electron chi connectivity index (χ4n) is 1.26. The Kier molecular flexibility index (Phi) is 4.51. The molecule has 0 aliphatic heterocycles. The van der Waals surface area contributed by atoms with Gasteiger partial charge < -0.3 is 10.1 Å². The molecule has 1 N–H and O–H groups in total. The summed E-state index contributed by atoms with van der Waals surface area (Å²) in [5.74, 6) is -0.230. The van der Waals surface area contributed by atoms with Crippen LogP contribution in [0.2, 0.25) is 0 Å². The minimum Gasteiger partial charge on any atom is -0.465 e. The molecule has 0 aliphatic rings. The smallest absolute Gasteiger partial charge is 0.337 e. The summed E-state index contributed by atoms with van der Waals surface area (Å²) in [6.07, 6.45) is 0.475. The van der Waals surface area contributed by atoms with Crippen LogP contribution in [0.4, 0.5) is 5.69 Å². The fourth-order valence-corrected chi connectivity index (χ4v) is 1.26. The second-order valence-corrected chi connectivity index (χ2v) is 3.45. The van der Waals surface area contributed by atoms with E-state index in [2.05, 4.69) is 10.1 Å². The Balaban J connectivity index is 2.60. The van der Waals surface area contributed by atoms with Gasteiger partial charge in [-0.2, -0.15) is 0 Å². The summed E-state index contributed by atoms with van der Waals surface area (Å²) in [5.41, 5.74) is 1.31. The third-order valence-electron chi connectivity index (χ3n) is 2.09. The van der Waals surface area contributed by atoms with Gasteiger partial charge in [-0.3, -0.25) is 4.79 Å². The zero-order valence-electron chi connectivity index (χ0n) is 9.45. The molecule has 0 fully saturated rings. The minimum atomic E-state index is -0.366. The van der Waals surface area contributed by atoms with Crippen LogP contribution < -0.4 is 5.32 Å². The van der Waals surface area contributed by atoms with Gasteiger partial charge >= 0.3 is 5.97 Å². The Morgan fingerprint density at radius 2 is 2.12 bits per heavy atom. The number of benzene rings is 1. The predicted molar refractivity (Wildman–Crippen MR) is 61.6 cm³/mol. The second-order valence-electron chi connectivity index (χ2n) is 3.45. The largest absolute Gasteiger partial charge is 0.465 e. The standard InChI is InChI=1S/C12H15NO3/c1-9(14)6-7-13-11-5-3-4-10(8-11)12(15)16-2/h3-5,8,13H,6-7H2,1-2H3. The fraction of sp³-hybridized carbons (Fsp3) is 0.333. The normalized spacial score (nSPS) is 9.62. The van der Waals surface area contributed by atoms with E-state index in [-0.39, 0.29) is 11.8 Å². The number of carbonyl (C=O) groups is 2. The first kappa shape index (κ1) is 12.2. The quantitative estimate of drug-likeness (QED) is 0.771. The summed E-state index contributed by atoms with van der Waals surface area (Å²) in [5, 5.41) is 3.07. The van der Waals surface area contributed by atoms with Crippen LogP contribution in [0.1, 0.15) is 23.7 Å². The van der Waals surface area contributed by atoms with E-state index in [9.17, 15) is 9.59 Å². The van der Waals surface area contributed by atoms with Crippen LogP contribution in [0.25, 0.3) is 0 Å². The molecule has 86 valence electrons. The Morgan fingerprint density at radius 1 is 1.38 bits per heavy atom. The van der Waals surface area contributed by atoms with Crippen molar-refractivity contribution in [3.8, 4) is 0 Å². The van der Waals surface area contributed by atoms with E-state index in [1.807, 2.05) is 6.07 Å². The van der Waals surface area contributed by atoms with Gasteiger partial charge in [0.15, 0.2) is 0 Å². The maximum atomic E-state index is 11.2. The van der Waals surface area contributed by atoms with Crippen molar-refractivity contribution in [3.63, 3.8) is 0 Å². The number of hydrogen-bond acceptors (Lipinski definition) is 4. The van der Waals surface area contributed by atoms with E-state index in [4.69, 9.17) is 0 Å². The Hall–Kier alpha value is -1.84. The molecule has 1 aromatic carbocycles. The van der Waals surface area contributed by atoms with E-state index in [1.54, 1.807) is 25.1 Å². The average Bonchev–Trinajstić information content (AvgIpc) is 2.28. The number of ketones is 1. The first-order valence-electron chi connectivity index (χ1n) is 5.05. The molecule has 0 saturated heterocycles. The van der Waals surface area contributed by atoms with E-state index in [0.29, 0.717) is 18.5 Å². The van der Waals surface area contributed by atoms with Crippen LogP contribution in [-0.4, -0.2) is 25.4 Å². The van der Waals surface area contributed by atoms with Gasteiger partial charge in [0.05, 0.1) is 12.7 Å². The van der Waals surface area contributed by atoms with Crippen LogP contribution in [0, 0.1) is 0 Å². The van der Waals surface area contributed by atoms with Crippen LogP contribution in [0.3, 0.4) is 0 Å². The SMILES string of the molecule is COC(=O)c1cccc(NCCC(C)=O)c1. The average molecular weight is 221 g/mol. The molecule has 0 aromatic heterocycles. The molecule has 0 atom stereocenters. The summed E-state index contributed by atoms with van der Waals surface area (Å²) in [7, 11) is 1.35. The maximum Gasteiger partial charge on any atom is 0.337 e. The second kappa shape index (κ2) is 5.90. The van der Waals surface area contributed by atoms with Crippen LogP contribution in [0.5, 0.6) is 0 Å². The molecule has 16 heavy (non-hydrogen) atoms. The molecule has 0 amide bonds. The predicted octanol–water partition coefficient (Wildman–Crippen LogP) is 1.86. The van der Waals surface area contributed by atoms with Crippen molar-refractivity contribution in [3.05, 3.63) is 29.8 Å². The summed E-state index contributed by atoms with van der Waals surface area (Å²) in [6, 6.07) is 6.99. The lowest BCUT2D eigenvalue weighted by Crippen LogP contribution is -2.07. The minimum absolute atomic E-state index is 0.136. The topological polar surface area (TPSA) is 55.4 Å². The summed E-state index contributed by atoms with van der Waals surface area (Å²) in [4.78, 5) is 22.0. The molecule has 0 heterocycles. The molecule has 0 bridgehead atoms. The summed E-state index contributed by atoms with van der Waals surface area (Å²) < 4.78 is 4.61. The number of anilines is 1. The van der Waals surface area contributed by atoms with Gasteiger partial charge in [0, 0.05) is 18.7 Å². The third-order valence-corrected chi connectivity index (χ3v) is 2.09. The van der Waals surface area contributed by atoms with Gasteiger partial charge in [-0.1, -0.05) is 6.07 Å². The third kappa shape index (κ3) is 3.73. The molecule has 0 radical (unpaired) electrons. The van der Waals surface area contributed by atoms with Gasteiger partial charge in [-0.15, -0.1) is 0 Å². The van der Waals surface area contributed by atoms with E-state index in [1.165, 1.54) is 7.11 Å². The summed E-state index contributed by atoms with van der Waals surface area (Å²) in [6.45, 7) is 2.12. The molecule has 4 heteroatoms. The van der Waals surface area contributed by atoms with Crippen molar-refractivity contribution >= 4 is 17.4 Å². The van der Waals surface area contributed by atoms with Crippen LogP contribution in [-0.2, 0) is 9.53 Å². The summed E-state index contributed by atoms with van der Waals surface area (Å²) >= 11 is 0. The number of hydrogen-bond donors (Lipinski definition) is 1. The molecule has 0 unspecified atom stereocenters. The van der Waals surface area contributed by atoms with Crippen molar-refractivity contribution in [1.29, 1.82) is 0 Å². The molecule has 1 rings (SSSR count). The van der Waals surface area contributed by atoms with Crippen molar-refractivity contribution in [2.75, 3.05) is 19.0 Å². The van der Waals surface area contributed by atoms with E-state index in [0.717, 1.165) is 5.69 Å². The number of nitrogens with one attached hydrogen (secondary N) is 1. The van der Waals surface area contributed by atoms with Gasteiger partial charge in [-0.25, -0.2) is 4.79 Å². The van der Waals surface area contributed by atoms with E-state index >= 15 is 0 Å². The lowest BCUT2D eigenvalue weighted by molar-refractivity contribution is -0.116. The molecule has 0 spiro atoms. The highest BCUT2D eigenvalue weighted by Gasteiger charge is 2.05. The highest BCUT2D eigenvalue weighted by atomic mass is 16.5. The number of esters is 1. The van der Waals surface area contributed by atoms with Crippen molar-refractivity contribution < 1.29 is 14.3 Å². The number of rotatable bonds is 5. The lowest BCUT2D eigenvalue weighted by Gasteiger charge is -2.06. The molecule has 1 aromatic rings. The van der Waals surface area contributed by atoms with E-state index < -0.39 is 0 Å². The zero-order valence-corrected chi connectivity index (χ0v) is 9.45. The van der Waals surface area contributed by atoms with Crippen molar-refractivity contribution in [2.24, 2.45) is 0 Å². The maximum absolute atomic E-state index is 11.2. The van der Waals surface area contributed by atoms with Crippen molar-refractivity contribution in [1.82, 2.24) is 0 Å². The highest BCUT2D eigenvalue weighted by molar-refractivity contribution is 5.90. The Labute approximate surface area is 94.6 Å². The number of ether oxygens (including phenoxy) is 1. The first-order valence-corrected chi connectivity index (χ1v) is 5.05. The Bertz CT molecular complexity index is 388. The molecular weight excluding hydrogens is 206 g/mol. The lowest BCUT2D eigenvalue weighted by atomic mass is 10.2. The Morgan fingerprint density at radius 3 is 2.75 bits per heavy atom. The van der Waals surface area contributed by atoms with Gasteiger partial charge in [0.2, 0.25) is 0 Å². The number of Topliss-reactive ketones (excluding diaryl/α,β-unsaturated/α-hetero) is 1. The monoisotopic (exact) mass is 221 g/mol.